The Hall–Kier alpha value is -1.82. The second-order valence-electron chi connectivity index (χ2n) is 6.47. The summed E-state index contributed by atoms with van der Waals surface area (Å²) in [7, 11) is -9.77. The van der Waals surface area contributed by atoms with E-state index in [9.17, 15) is 34.8 Å². The number of carbonyl (C=O) groups is 1. The van der Waals surface area contributed by atoms with E-state index in [4.69, 9.17) is 0 Å². The van der Waals surface area contributed by atoms with E-state index in [2.05, 4.69) is 11.6 Å². The number of benzene rings is 1. The van der Waals surface area contributed by atoms with Crippen LogP contribution in [0.25, 0.3) is 0 Å². The Morgan fingerprint density at radius 3 is 2.07 bits per heavy atom. The second-order valence-corrected chi connectivity index (χ2v) is 9.98. The zero-order valence-electron chi connectivity index (χ0n) is 16.0. The van der Waals surface area contributed by atoms with Gasteiger partial charge in [0.25, 0.3) is 5.91 Å². The lowest BCUT2D eigenvalue weighted by molar-refractivity contribution is -0.0446. The summed E-state index contributed by atoms with van der Waals surface area (Å²) in [6, 6.07) is 4.81. The topological polar surface area (TPSA) is 109 Å². The van der Waals surface area contributed by atoms with Crippen molar-refractivity contribution < 1.29 is 34.8 Å². The highest BCUT2D eigenvalue weighted by Crippen LogP contribution is 2.23. The van der Waals surface area contributed by atoms with Gasteiger partial charge in [0, 0.05) is 0 Å². The predicted octanol–water partition coefficient (Wildman–Crippen LogP) is 3.76. The summed E-state index contributed by atoms with van der Waals surface area (Å²) < 4.78 is 87.0. The van der Waals surface area contributed by atoms with Gasteiger partial charge in [0.15, 0.2) is 0 Å². The number of anilines is 1. The standard InChI is InChI=1S/C17H25F3N2O5S2/c1-2-3-4-5-6-7-10-13-28(24,25)21-15-12-9-8-11-14(15)16(23)22-29(26,27)17(18,19)20/h8-9,11-12,21H,2-7,10,13H2,1H3,(H,22,23). The minimum absolute atomic E-state index is 0.225. The summed E-state index contributed by atoms with van der Waals surface area (Å²) in [6.45, 7) is 2.09. The molecule has 0 heterocycles. The molecule has 2 N–H and O–H groups in total. The number of unbranched alkanes of at least 4 members (excludes halogenated alkanes) is 6. The van der Waals surface area contributed by atoms with Crippen molar-refractivity contribution >= 4 is 31.6 Å². The molecular formula is C17H25F3N2O5S2. The van der Waals surface area contributed by atoms with Crippen molar-refractivity contribution in [1.82, 2.24) is 4.72 Å². The summed E-state index contributed by atoms with van der Waals surface area (Å²) in [5.74, 6) is -1.81. The van der Waals surface area contributed by atoms with Gasteiger partial charge in [-0.15, -0.1) is 0 Å². The van der Waals surface area contributed by atoms with E-state index in [1.54, 1.807) is 0 Å². The molecule has 0 aliphatic heterocycles. The van der Waals surface area contributed by atoms with Gasteiger partial charge in [-0.1, -0.05) is 57.6 Å². The van der Waals surface area contributed by atoms with Crippen molar-refractivity contribution in [2.24, 2.45) is 0 Å². The summed E-state index contributed by atoms with van der Waals surface area (Å²) in [6.07, 6.45) is 6.32. The molecule has 0 aliphatic carbocycles. The van der Waals surface area contributed by atoms with Crippen LogP contribution in [0.2, 0.25) is 0 Å². The lowest BCUT2D eigenvalue weighted by Gasteiger charge is -2.13. The van der Waals surface area contributed by atoms with Crippen LogP contribution in [-0.4, -0.2) is 34.0 Å². The molecule has 29 heavy (non-hydrogen) atoms. The Morgan fingerprint density at radius 2 is 1.48 bits per heavy atom. The predicted molar refractivity (Wildman–Crippen MR) is 104 cm³/mol. The minimum atomic E-state index is -5.91. The van der Waals surface area contributed by atoms with E-state index in [0.717, 1.165) is 49.0 Å². The Morgan fingerprint density at radius 1 is 0.931 bits per heavy atom. The Bertz CT molecular complexity index is 885. The average molecular weight is 459 g/mol. The molecule has 1 aromatic carbocycles. The summed E-state index contributed by atoms with van der Waals surface area (Å²) in [5, 5.41) is 0. The second kappa shape index (κ2) is 10.8. The third-order valence-corrected chi connectivity index (χ3v) is 6.41. The van der Waals surface area contributed by atoms with E-state index >= 15 is 0 Å². The Labute approximate surface area is 169 Å². The molecule has 0 atom stereocenters. The first-order valence-electron chi connectivity index (χ1n) is 9.12. The molecule has 7 nitrogen and oxygen atoms in total. The number of alkyl halides is 3. The number of amides is 1. The maximum atomic E-state index is 12.4. The van der Waals surface area contributed by atoms with Crippen LogP contribution in [0.15, 0.2) is 24.3 Å². The third-order valence-electron chi connectivity index (χ3n) is 3.99. The van der Waals surface area contributed by atoms with Gasteiger partial charge in [0.05, 0.1) is 17.0 Å². The van der Waals surface area contributed by atoms with E-state index in [1.165, 1.54) is 12.1 Å². The van der Waals surface area contributed by atoms with Gasteiger partial charge in [0.2, 0.25) is 10.0 Å². The van der Waals surface area contributed by atoms with Crippen molar-refractivity contribution in [1.29, 1.82) is 0 Å². The number of carbonyl (C=O) groups excluding carboxylic acids is 1. The van der Waals surface area contributed by atoms with Crippen LogP contribution in [-0.2, 0) is 20.0 Å². The molecule has 0 bridgehead atoms. The van der Waals surface area contributed by atoms with Crippen molar-refractivity contribution in [3.63, 3.8) is 0 Å². The van der Waals surface area contributed by atoms with E-state index in [-0.39, 0.29) is 11.4 Å². The average Bonchev–Trinajstić information content (AvgIpc) is 2.59. The molecule has 0 aliphatic rings. The first kappa shape index (κ1) is 25.2. The van der Waals surface area contributed by atoms with Crippen LogP contribution in [0.5, 0.6) is 0 Å². The first-order valence-corrected chi connectivity index (χ1v) is 12.3. The van der Waals surface area contributed by atoms with Crippen LogP contribution in [0.3, 0.4) is 0 Å². The molecule has 0 spiro atoms. The van der Waals surface area contributed by atoms with Crippen LogP contribution in [0, 0.1) is 0 Å². The summed E-state index contributed by atoms with van der Waals surface area (Å²) in [4.78, 5) is 12.0. The summed E-state index contributed by atoms with van der Waals surface area (Å²) >= 11 is 0. The highest BCUT2D eigenvalue weighted by atomic mass is 32.2. The molecule has 0 saturated carbocycles. The third kappa shape index (κ3) is 8.60. The number of hydrogen-bond acceptors (Lipinski definition) is 5. The number of hydrogen-bond donors (Lipinski definition) is 2. The summed E-state index contributed by atoms with van der Waals surface area (Å²) in [5.41, 5.74) is -6.51. The molecule has 0 fully saturated rings. The largest absolute Gasteiger partial charge is 0.516 e. The van der Waals surface area contributed by atoms with Crippen molar-refractivity contribution in [2.75, 3.05) is 10.5 Å². The Kier molecular flexibility index (Phi) is 9.40. The minimum Gasteiger partial charge on any atom is -0.283 e. The van der Waals surface area contributed by atoms with E-state index in [0.29, 0.717) is 12.8 Å². The van der Waals surface area contributed by atoms with E-state index in [1.807, 2.05) is 0 Å². The fourth-order valence-corrected chi connectivity index (χ4v) is 4.14. The van der Waals surface area contributed by atoms with E-state index < -0.39 is 37.0 Å². The maximum Gasteiger partial charge on any atom is 0.516 e. The molecular weight excluding hydrogens is 433 g/mol. The SMILES string of the molecule is CCCCCCCCCS(=O)(=O)Nc1ccccc1C(=O)NS(=O)(=O)C(F)(F)F. The zero-order chi connectivity index (χ0) is 22.1. The number of sulfonamides is 2. The van der Waals surface area contributed by atoms with Crippen molar-refractivity contribution in [2.45, 2.75) is 57.4 Å². The molecule has 0 unspecified atom stereocenters. The van der Waals surface area contributed by atoms with Crippen LogP contribution >= 0.6 is 0 Å². The molecule has 1 amide bonds. The molecule has 12 heteroatoms. The van der Waals surface area contributed by atoms with Gasteiger partial charge in [-0.25, -0.2) is 13.1 Å². The van der Waals surface area contributed by atoms with Gasteiger partial charge in [-0.3, -0.25) is 9.52 Å². The van der Waals surface area contributed by atoms with Crippen LogP contribution in [0.4, 0.5) is 18.9 Å². The van der Waals surface area contributed by atoms with Gasteiger partial charge < -0.3 is 0 Å². The molecule has 1 rings (SSSR count). The molecule has 0 aromatic heterocycles. The van der Waals surface area contributed by atoms with Gasteiger partial charge in [-0.05, 0) is 18.6 Å². The Balaban J connectivity index is 2.75. The zero-order valence-corrected chi connectivity index (χ0v) is 17.6. The monoisotopic (exact) mass is 458 g/mol. The van der Waals surface area contributed by atoms with Gasteiger partial charge >= 0.3 is 15.5 Å². The number of rotatable bonds is 12. The normalized spacial score (nSPS) is 12.6. The molecule has 1 aromatic rings. The first-order chi connectivity index (χ1) is 13.4. The quantitative estimate of drug-likeness (QED) is 0.464. The molecule has 0 radical (unpaired) electrons. The smallest absolute Gasteiger partial charge is 0.283 e. The fourth-order valence-electron chi connectivity index (χ4n) is 2.47. The van der Waals surface area contributed by atoms with Crippen molar-refractivity contribution in [3.8, 4) is 0 Å². The lowest BCUT2D eigenvalue weighted by atomic mass is 10.1. The lowest BCUT2D eigenvalue weighted by Crippen LogP contribution is -2.40. The number of para-hydroxylation sites is 1. The maximum absolute atomic E-state index is 12.4. The van der Waals surface area contributed by atoms with Crippen molar-refractivity contribution in [3.05, 3.63) is 29.8 Å². The number of nitrogens with one attached hydrogen (secondary N) is 2. The molecule has 0 saturated heterocycles. The van der Waals surface area contributed by atoms with Gasteiger partial charge in [0.1, 0.15) is 0 Å². The molecule has 166 valence electrons. The fraction of sp³-hybridized carbons (Fsp3) is 0.588. The van der Waals surface area contributed by atoms with Crippen LogP contribution < -0.4 is 9.44 Å². The van der Waals surface area contributed by atoms with Gasteiger partial charge in [-0.2, -0.15) is 21.6 Å². The van der Waals surface area contributed by atoms with Crippen LogP contribution in [0.1, 0.15) is 62.2 Å². The number of halogens is 3. The highest BCUT2D eigenvalue weighted by Gasteiger charge is 2.47. The highest BCUT2D eigenvalue weighted by molar-refractivity contribution is 7.92.